The number of rotatable bonds is 6. The minimum Gasteiger partial charge on any atom is -0.352 e. The lowest BCUT2D eigenvalue weighted by molar-refractivity contribution is 0.402. The quantitative estimate of drug-likeness (QED) is 0.633. The molecule has 2 N–H and O–H groups in total. The highest BCUT2D eigenvalue weighted by Gasteiger charge is 2.01. The number of hydrogen-bond donors (Lipinski definition) is 2. The van der Waals surface area contributed by atoms with Crippen LogP contribution in [-0.4, -0.2) is 32.0 Å². The zero-order chi connectivity index (χ0) is 17.4. The van der Waals surface area contributed by atoms with E-state index in [0.717, 1.165) is 18.1 Å². The summed E-state index contributed by atoms with van der Waals surface area (Å²) in [7, 11) is 5.86. The van der Waals surface area contributed by atoms with E-state index in [9.17, 15) is 4.39 Å². The second-order valence-corrected chi connectivity index (χ2v) is 5.96. The van der Waals surface area contributed by atoms with Crippen LogP contribution in [0.15, 0.2) is 53.5 Å². The third kappa shape index (κ3) is 6.01. The van der Waals surface area contributed by atoms with Crippen molar-refractivity contribution >= 4 is 5.96 Å². The Kier molecular flexibility index (Phi) is 6.75. The average molecular weight is 328 g/mol. The molecular weight excluding hydrogens is 303 g/mol. The molecule has 2 rings (SSSR count). The molecule has 0 spiro atoms. The predicted molar refractivity (Wildman–Crippen MR) is 97.3 cm³/mol. The van der Waals surface area contributed by atoms with Crippen LogP contribution in [0.2, 0.25) is 0 Å². The summed E-state index contributed by atoms with van der Waals surface area (Å²) in [5.74, 6) is 0.496. The minimum absolute atomic E-state index is 0.223. The lowest BCUT2D eigenvalue weighted by Gasteiger charge is -2.14. The summed E-state index contributed by atoms with van der Waals surface area (Å²) < 4.78 is 12.9. The Morgan fingerprint density at radius 3 is 2.21 bits per heavy atom. The van der Waals surface area contributed by atoms with Gasteiger partial charge in [-0.25, -0.2) is 4.39 Å². The second-order valence-electron chi connectivity index (χ2n) is 5.96. The molecule has 2 aromatic carbocycles. The van der Waals surface area contributed by atoms with Crippen LogP contribution in [0.3, 0.4) is 0 Å². The lowest BCUT2D eigenvalue weighted by Crippen LogP contribution is -2.36. The zero-order valence-electron chi connectivity index (χ0n) is 14.5. The van der Waals surface area contributed by atoms with E-state index in [1.165, 1.54) is 23.3 Å². The highest BCUT2D eigenvalue weighted by atomic mass is 19.1. The number of nitrogens with zero attached hydrogens (tertiary/aromatic N) is 2. The van der Waals surface area contributed by atoms with Crippen LogP contribution in [0.4, 0.5) is 4.39 Å². The molecule has 0 saturated carbocycles. The monoisotopic (exact) mass is 328 g/mol. The van der Waals surface area contributed by atoms with E-state index >= 15 is 0 Å². The number of benzene rings is 2. The maximum Gasteiger partial charge on any atom is 0.191 e. The van der Waals surface area contributed by atoms with Gasteiger partial charge in [-0.15, -0.1) is 0 Å². The van der Waals surface area contributed by atoms with Crippen molar-refractivity contribution in [2.24, 2.45) is 4.99 Å². The van der Waals surface area contributed by atoms with Gasteiger partial charge in [-0.1, -0.05) is 36.4 Å². The van der Waals surface area contributed by atoms with Crippen LogP contribution < -0.4 is 10.6 Å². The first-order valence-corrected chi connectivity index (χ1v) is 7.98. The molecule has 0 heterocycles. The van der Waals surface area contributed by atoms with Gasteiger partial charge < -0.3 is 15.5 Å². The standard InChI is InChI=1S/C19H25FN4/c1-21-19(22-12-15-7-9-18(20)10-8-15)23-13-16-5-4-6-17(11-16)14-24(2)3/h4-11H,12-14H2,1-3H3,(H2,21,22,23). The summed E-state index contributed by atoms with van der Waals surface area (Å²) in [5, 5.41) is 6.53. The third-order valence-electron chi connectivity index (χ3n) is 3.55. The summed E-state index contributed by atoms with van der Waals surface area (Å²) in [5.41, 5.74) is 3.50. The van der Waals surface area contributed by atoms with Crippen LogP contribution in [-0.2, 0) is 19.6 Å². The molecule has 2 aromatic rings. The van der Waals surface area contributed by atoms with Crippen LogP contribution >= 0.6 is 0 Å². The largest absolute Gasteiger partial charge is 0.352 e. The molecule has 0 unspecified atom stereocenters. The summed E-state index contributed by atoms with van der Waals surface area (Å²) >= 11 is 0. The molecule has 5 heteroatoms. The second kappa shape index (κ2) is 9.03. The highest BCUT2D eigenvalue weighted by Crippen LogP contribution is 2.07. The van der Waals surface area contributed by atoms with Crippen molar-refractivity contribution in [2.45, 2.75) is 19.6 Å². The van der Waals surface area contributed by atoms with Gasteiger partial charge in [-0.3, -0.25) is 4.99 Å². The molecule has 4 nitrogen and oxygen atoms in total. The van der Waals surface area contributed by atoms with Crippen LogP contribution in [0.5, 0.6) is 0 Å². The normalized spacial score (nSPS) is 11.6. The van der Waals surface area contributed by atoms with E-state index in [4.69, 9.17) is 0 Å². The molecule has 24 heavy (non-hydrogen) atoms. The van der Waals surface area contributed by atoms with Gasteiger partial charge in [0.05, 0.1) is 0 Å². The lowest BCUT2D eigenvalue weighted by atomic mass is 10.1. The number of hydrogen-bond acceptors (Lipinski definition) is 2. The summed E-state index contributed by atoms with van der Waals surface area (Å²) in [6.07, 6.45) is 0. The first-order chi connectivity index (χ1) is 11.6. The fraction of sp³-hybridized carbons (Fsp3) is 0.316. The fourth-order valence-electron chi connectivity index (χ4n) is 2.40. The Morgan fingerprint density at radius 1 is 0.958 bits per heavy atom. The van der Waals surface area contributed by atoms with Crippen molar-refractivity contribution in [3.05, 3.63) is 71.0 Å². The van der Waals surface area contributed by atoms with Gasteiger partial charge in [0.2, 0.25) is 0 Å². The van der Waals surface area contributed by atoms with Crippen molar-refractivity contribution in [2.75, 3.05) is 21.1 Å². The molecule has 0 bridgehead atoms. The van der Waals surface area contributed by atoms with Gasteiger partial charge in [0.15, 0.2) is 5.96 Å². The Morgan fingerprint density at radius 2 is 1.58 bits per heavy atom. The Balaban J connectivity index is 1.86. The minimum atomic E-state index is -0.223. The van der Waals surface area contributed by atoms with Crippen molar-refractivity contribution < 1.29 is 4.39 Å². The Labute approximate surface area is 143 Å². The number of aliphatic imine (C=N–C) groups is 1. The van der Waals surface area contributed by atoms with Gasteiger partial charge >= 0.3 is 0 Å². The number of guanidine groups is 1. The third-order valence-corrected chi connectivity index (χ3v) is 3.55. The fourth-order valence-corrected chi connectivity index (χ4v) is 2.40. The maximum atomic E-state index is 12.9. The molecule has 128 valence electrons. The Hall–Kier alpha value is -2.40. The summed E-state index contributed by atoms with van der Waals surface area (Å²) in [6, 6.07) is 14.9. The topological polar surface area (TPSA) is 39.7 Å². The van der Waals surface area contributed by atoms with Gasteiger partial charge in [-0.05, 0) is 42.9 Å². The van der Waals surface area contributed by atoms with Gasteiger partial charge in [-0.2, -0.15) is 0 Å². The molecule has 0 fully saturated rings. The van der Waals surface area contributed by atoms with Gasteiger partial charge in [0.1, 0.15) is 5.82 Å². The maximum absolute atomic E-state index is 12.9. The first kappa shape index (κ1) is 17.9. The predicted octanol–water partition coefficient (Wildman–Crippen LogP) is 2.75. The van der Waals surface area contributed by atoms with Gasteiger partial charge in [0.25, 0.3) is 0 Å². The van der Waals surface area contributed by atoms with E-state index in [1.807, 2.05) is 0 Å². The summed E-state index contributed by atoms with van der Waals surface area (Å²) in [6.45, 7) is 2.22. The van der Waals surface area contributed by atoms with Crippen LogP contribution in [0.25, 0.3) is 0 Å². The van der Waals surface area contributed by atoms with E-state index in [0.29, 0.717) is 13.1 Å². The van der Waals surface area contributed by atoms with E-state index in [1.54, 1.807) is 19.2 Å². The first-order valence-electron chi connectivity index (χ1n) is 7.98. The van der Waals surface area contributed by atoms with Crippen molar-refractivity contribution in [3.8, 4) is 0 Å². The smallest absolute Gasteiger partial charge is 0.191 e. The molecule has 0 radical (unpaired) electrons. The number of nitrogens with one attached hydrogen (secondary N) is 2. The summed E-state index contributed by atoms with van der Waals surface area (Å²) in [4.78, 5) is 6.37. The van der Waals surface area contributed by atoms with Crippen LogP contribution in [0.1, 0.15) is 16.7 Å². The van der Waals surface area contributed by atoms with Crippen molar-refractivity contribution in [1.29, 1.82) is 0 Å². The molecule has 0 atom stereocenters. The number of halogens is 1. The van der Waals surface area contributed by atoms with E-state index in [-0.39, 0.29) is 5.82 Å². The van der Waals surface area contributed by atoms with Crippen molar-refractivity contribution in [3.63, 3.8) is 0 Å². The van der Waals surface area contributed by atoms with Gasteiger partial charge in [0, 0.05) is 26.7 Å². The molecule has 0 saturated heterocycles. The molecule has 0 amide bonds. The average Bonchev–Trinajstić information content (AvgIpc) is 2.56. The highest BCUT2D eigenvalue weighted by molar-refractivity contribution is 5.79. The zero-order valence-corrected chi connectivity index (χ0v) is 14.5. The molecule has 0 aliphatic carbocycles. The molecule has 0 aliphatic rings. The van der Waals surface area contributed by atoms with Crippen LogP contribution in [0, 0.1) is 5.82 Å². The SMILES string of the molecule is CN=C(NCc1ccc(F)cc1)NCc1cccc(CN(C)C)c1. The van der Waals surface area contributed by atoms with E-state index in [2.05, 4.69) is 58.9 Å². The molecule has 0 aromatic heterocycles. The molecular formula is C19H25FN4. The van der Waals surface area contributed by atoms with E-state index < -0.39 is 0 Å². The Bertz CT molecular complexity index is 665. The molecule has 0 aliphatic heterocycles. The van der Waals surface area contributed by atoms with Crippen molar-refractivity contribution in [1.82, 2.24) is 15.5 Å².